The van der Waals surface area contributed by atoms with Crippen LogP contribution in [0.5, 0.6) is 0 Å². The Labute approximate surface area is 127 Å². The van der Waals surface area contributed by atoms with E-state index in [0.717, 1.165) is 32.1 Å². The lowest BCUT2D eigenvalue weighted by Gasteiger charge is -2.33. The molecule has 1 unspecified atom stereocenters. The van der Waals surface area contributed by atoms with Gasteiger partial charge in [-0.05, 0) is 33.6 Å². The van der Waals surface area contributed by atoms with Crippen molar-refractivity contribution in [1.82, 2.24) is 4.90 Å². The van der Waals surface area contributed by atoms with Crippen LogP contribution in [0.2, 0.25) is 0 Å². The number of hydrogen-bond donors (Lipinski definition) is 1. The van der Waals surface area contributed by atoms with Crippen molar-refractivity contribution in [3.63, 3.8) is 0 Å². The van der Waals surface area contributed by atoms with Gasteiger partial charge in [0.05, 0.1) is 0 Å². The van der Waals surface area contributed by atoms with Crippen molar-refractivity contribution < 1.29 is 19.4 Å². The van der Waals surface area contributed by atoms with Gasteiger partial charge in [-0.15, -0.1) is 0 Å². The number of nitrogens with zero attached hydrogens (tertiary/aromatic N) is 1. The molecule has 1 aliphatic rings. The average molecular weight is 299 g/mol. The molecule has 122 valence electrons. The first-order valence-corrected chi connectivity index (χ1v) is 7.95. The number of amides is 1. The van der Waals surface area contributed by atoms with Gasteiger partial charge >= 0.3 is 6.09 Å². The molecule has 1 N–H and O–H groups in total. The number of piperidine rings is 1. The number of carbonyl (C=O) groups is 2. The maximum absolute atomic E-state index is 12.0. The lowest BCUT2D eigenvalue weighted by Crippen LogP contribution is -2.46. The van der Waals surface area contributed by atoms with Crippen LogP contribution in [0.4, 0.5) is 4.79 Å². The predicted molar refractivity (Wildman–Crippen MR) is 81.1 cm³/mol. The molecular weight excluding hydrogens is 270 g/mol. The number of ether oxygens (including phenoxy) is 1. The molecule has 1 heterocycles. The fourth-order valence-corrected chi connectivity index (χ4v) is 2.51. The van der Waals surface area contributed by atoms with Crippen molar-refractivity contribution in [1.29, 1.82) is 0 Å². The van der Waals surface area contributed by atoms with Crippen molar-refractivity contribution in [2.24, 2.45) is 5.92 Å². The third-order valence-electron chi connectivity index (χ3n) is 3.64. The number of Topliss-reactive ketones (excluding diaryl/α,β-unsaturated/α-hetero) is 1. The van der Waals surface area contributed by atoms with E-state index >= 15 is 0 Å². The van der Waals surface area contributed by atoms with Gasteiger partial charge in [-0.2, -0.15) is 0 Å². The van der Waals surface area contributed by atoms with Crippen LogP contribution < -0.4 is 0 Å². The summed E-state index contributed by atoms with van der Waals surface area (Å²) < 4.78 is 5.37. The van der Waals surface area contributed by atoms with Crippen molar-refractivity contribution in [3.8, 4) is 0 Å². The number of ketones is 1. The van der Waals surface area contributed by atoms with E-state index in [1.165, 1.54) is 0 Å². The Morgan fingerprint density at radius 2 is 1.95 bits per heavy atom. The number of unbranched alkanes of at least 4 members (excludes halogenated alkanes) is 3. The van der Waals surface area contributed by atoms with Crippen LogP contribution in [0, 0.1) is 5.92 Å². The molecule has 1 saturated heterocycles. The summed E-state index contributed by atoms with van der Waals surface area (Å²) in [7, 11) is 0. The van der Waals surface area contributed by atoms with Crippen molar-refractivity contribution >= 4 is 11.9 Å². The summed E-state index contributed by atoms with van der Waals surface area (Å²) >= 11 is 0. The Bertz CT molecular complexity index is 349. The molecular formula is C16H29NO4. The minimum Gasteiger partial charge on any atom is -0.444 e. The normalized spacial score (nSPS) is 19.7. The molecule has 0 aliphatic carbocycles. The van der Waals surface area contributed by atoms with Crippen molar-refractivity contribution in [2.45, 2.75) is 64.9 Å². The molecule has 0 aromatic heterocycles. The molecule has 0 aromatic carbocycles. The average Bonchev–Trinajstić information content (AvgIpc) is 2.38. The number of aliphatic hydroxyl groups is 1. The summed E-state index contributed by atoms with van der Waals surface area (Å²) in [5.41, 5.74) is -0.502. The van der Waals surface area contributed by atoms with Gasteiger partial charge in [0.25, 0.3) is 0 Å². The van der Waals surface area contributed by atoms with Gasteiger partial charge in [-0.1, -0.05) is 19.3 Å². The lowest BCUT2D eigenvalue weighted by atomic mass is 9.91. The number of aliphatic hydroxyl groups excluding tert-OH is 1. The molecule has 1 amide bonds. The minimum atomic E-state index is -0.502. The monoisotopic (exact) mass is 299 g/mol. The molecule has 0 radical (unpaired) electrons. The Morgan fingerprint density at radius 1 is 1.29 bits per heavy atom. The highest BCUT2D eigenvalue weighted by Crippen LogP contribution is 2.21. The van der Waals surface area contributed by atoms with Gasteiger partial charge in [0.15, 0.2) is 0 Å². The van der Waals surface area contributed by atoms with Crippen molar-refractivity contribution in [2.75, 3.05) is 19.7 Å². The number of rotatable bonds is 6. The zero-order valence-corrected chi connectivity index (χ0v) is 13.6. The molecule has 0 spiro atoms. The lowest BCUT2D eigenvalue weighted by molar-refractivity contribution is -0.126. The zero-order chi connectivity index (χ0) is 15.9. The largest absolute Gasteiger partial charge is 0.444 e. The van der Waals surface area contributed by atoms with Gasteiger partial charge in [0, 0.05) is 32.0 Å². The second-order valence-electron chi connectivity index (χ2n) is 6.77. The molecule has 1 atom stereocenters. The summed E-state index contributed by atoms with van der Waals surface area (Å²) in [6.45, 7) is 6.72. The third-order valence-corrected chi connectivity index (χ3v) is 3.64. The van der Waals surface area contributed by atoms with Gasteiger partial charge < -0.3 is 14.7 Å². The number of hydrogen-bond acceptors (Lipinski definition) is 4. The third kappa shape index (κ3) is 6.93. The number of likely N-dealkylation sites (tertiary alicyclic amines) is 1. The number of carbonyl (C=O) groups excluding carboxylic acids is 2. The Kier molecular flexibility index (Phi) is 7.15. The van der Waals surface area contributed by atoms with Gasteiger partial charge in [0.2, 0.25) is 0 Å². The summed E-state index contributed by atoms with van der Waals surface area (Å²) in [5.74, 6) is 0.206. The molecule has 1 rings (SSSR count). The Hall–Kier alpha value is -1.10. The maximum Gasteiger partial charge on any atom is 0.410 e. The molecule has 1 aliphatic heterocycles. The van der Waals surface area contributed by atoms with Crippen LogP contribution in [-0.4, -0.2) is 47.2 Å². The second-order valence-corrected chi connectivity index (χ2v) is 6.77. The van der Waals surface area contributed by atoms with Gasteiger partial charge in [-0.25, -0.2) is 4.79 Å². The van der Waals surface area contributed by atoms with E-state index in [9.17, 15) is 9.59 Å². The van der Waals surface area contributed by atoms with E-state index in [1.807, 2.05) is 20.8 Å². The van der Waals surface area contributed by atoms with Crippen LogP contribution in [0.25, 0.3) is 0 Å². The Balaban J connectivity index is 2.39. The van der Waals surface area contributed by atoms with Crippen LogP contribution in [0.3, 0.4) is 0 Å². The minimum absolute atomic E-state index is 0.0552. The van der Waals surface area contributed by atoms with Gasteiger partial charge in [0.1, 0.15) is 11.4 Å². The summed E-state index contributed by atoms with van der Waals surface area (Å²) in [6, 6.07) is 0. The summed E-state index contributed by atoms with van der Waals surface area (Å²) in [5, 5.41) is 8.73. The highest BCUT2D eigenvalue weighted by molar-refractivity contribution is 5.84. The van der Waals surface area contributed by atoms with E-state index in [4.69, 9.17) is 9.84 Å². The fraction of sp³-hybridized carbons (Fsp3) is 0.875. The van der Waals surface area contributed by atoms with Crippen molar-refractivity contribution in [3.05, 3.63) is 0 Å². The molecule has 1 fully saturated rings. The smallest absolute Gasteiger partial charge is 0.410 e. The molecule has 21 heavy (non-hydrogen) atoms. The summed E-state index contributed by atoms with van der Waals surface area (Å²) in [4.78, 5) is 25.7. The zero-order valence-electron chi connectivity index (χ0n) is 13.6. The van der Waals surface area contributed by atoms with E-state index in [1.54, 1.807) is 4.90 Å². The van der Waals surface area contributed by atoms with Gasteiger partial charge in [-0.3, -0.25) is 4.79 Å². The first-order valence-electron chi connectivity index (χ1n) is 7.95. The van der Waals surface area contributed by atoms with Crippen LogP contribution in [0.15, 0.2) is 0 Å². The maximum atomic E-state index is 12.0. The fourth-order valence-electron chi connectivity index (χ4n) is 2.51. The van der Waals surface area contributed by atoms with E-state index < -0.39 is 5.60 Å². The molecule has 5 heteroatoms. The van der Waals surface area contributed by atoms with Crippen LogP contribution in [-0.2, 0) is 9.53 Å². The first kappa shape index (κ1) is 18.0. The molecule has 5 nitrogen and oxygen atoms in total. The molecule has 0 bridgehead atoms. The van der Waals surface area contributed by atoms with E-state index in [2.05, 4.69) is 0 Å². The molecule has 0 saturated carbocycles. The van der Waals surface area contributed by atoms with Crippen LogP contribution >= 0.6 is 0 Å². The summed E-state index contributed by atoms with van der Waals surface area (Å²) in [6.07, 6.45) is 4.75. The van der Waals surface area contributed by atoms with E-state index in [0.29, 0.717) is 19.5 Å². The standard InChI is InChI=1S/C16H29NO4/c1-16(2,3)21-15(20)17-10-9-14(19)13(12-17)8-6-4-5-7-11-18/h13,18H,4-12H2,1-3H3. The first-order chi connectivity index (χ1) is 9.83. The predicted octanol–water partition coefficient (Wildman–Crippen LogP) is 2.76. The van der Waals surface area contributed by atoms with E-state index in [-0.39, 0.29) is 24.4 Å². The Morgan fingerprint density at radius 3 is 2.57 bits per heavy atom. The highest BCUT2D eigenvalue weighted by atomic mass is 16.6. The van der Waals surface area contributed by atoms with Crippen LogP contribution in [0.1, 0.15) is 59.3 Å². The second kappa shape index (κ2) is 8.37. The SMILES string of the molecule is CC(C)(C)OC(=O)N1CCC(=O)C(CCCCCCO)C1. The quantitative estimate of drug-likeness (QED) is 0.766. The topological polar surface area (TPSA) is 66.8 Å². The highest BCUT2D eigenvalue weighted by Gasteiger charge is 2.31. The molecule has 0 aromatic rings.